The topological polar surface area (TPSA) is 51.8 Å². The molecule has 2 N–H and O–H groups in total. The van der Waals surface area contributed by atoms with E-state index in [2.05, 4.69) is 43.1 Å². The van der Waals surface area contributed by atoms with Gasteiger partial charge < -0.3 is 5.73 Å². The number of rotatable bonds is 3. The van der Waals surface area contributed by atoms with Crippen LogP contribution in [0.15, 0.2) is 42.6 Å². The number of nitrogen functional groups attached to an aromatic ring is 1. The molecule has 0 aliphatic heterocycles. The van der Waals surface area contributed by atoms with Crippen LogP contribution >= 0.6 is 11.3 Å². The molecule has 0 amide bonds. The summed E-state index contributed by atoms with van der Waals surface area (Å²) >= 11 is 1.73. The van der Waals surface area contributed by atoms with Gasteiger partial charge in [0.1, 0.15) is 5.82 Å². The number of hydrogen-bond donors (Lipinski definition) is 1. The number of pyridine rings is 1. The Morgan fingerprint density at radius 2 is 2.00 bits per heavy atom. The van der Waals surface area contributed by atoms with Crippen molar-refractivity contribution in [2.24, 2.45) is 0 Å². The van der Waals surface area contributed by atoms with E-state index in [1.807, 2.05) is 12.1 Å². The van der Waals surface area contributed by atoms with Crippen LogP contribution in [0.2, 0.25) is 0 Å². The minimum Gasteiger partial charge on any atom is -0.384 e. The van der Waals surface area contributed by atoms with E-state index in [4.69, 9.17) is 10.7 Å². The highest BCUT2D eigenvalue weighted by Gasteiger charge is 2.15. The first kappa shape index (κ1) is 13.8. The Morgan fingerprint density at radius 3 is 2.71 bits per heavy atom. The van der Waals surface area contributed by atoms with Gasteiger partial charge in [0, 0.05) is 11.8 Å². The fraction of sp³-hybridized carbons (Fsp3) is 0.176. The number of aromatic nitrogens is 2. The lowest BCUT2D eigenvalue weighted by molar-refractivity contribution is 1.10. The second-order valence-corrected chi connectivity index (χ2v) is 6.01. The summed E-state index contributed by atoms with van der Waals surface area (Å²) in [4.78, 5) is 10.1. The Bertz CT molecular complexity index is 777. The van der Waals surface area contributed by atoms with Gasteiger partial charge in [-0.2, -0.15) is 0 Å². The van der Waals surface area contributed by atoms with Crippen molar-refractivity contribution in [2.45, 2.75) is 20.3 Å². The molecule has 3 rings (SSSR count). The smallest absolute Gasteiger partial charge is 0.123 e. The maximum atomic E-state index is 5.83. The van der Waals surface area contributed by atoms with Gasteiger partial charge in [0.05, 0.1) is 15.6 Å². The number of thiazole rings is 1. The average Bonchev–Trinajstić information content (AvgIpc) is 2.92. The zero-order valence-corrected chi connectivity index (χ0v) is 12.9. The predicted octanol–water partition coefficient (Wildman–Crippen LogP) is 4.33. The molecule has 0 fully saturated rings. The lowest BCUT2D eigenvalue weighted by atomic mass is 10.0. The van der Waals surface area contributed by atoms with Crippen molar-refractivity contribution >= 4 is 17.2 Å². The Labute approximate surface area is 128 Å². The highest BCUT2D eigenvalue weighted by atomic mass is 32.1. The summed E-state index contributed by atoms with van der Waals surface area (Å²) in [5.41, 5.74) is 10.4. The summed E-state index contributed by atoms with van der Waals surface area (Å²) in [6, 6.07) is 12.2. The number of aryl methyl sites for hydroxylation is 2. The van der Waals surface area contributed by atoms with Crippen molar-refractivity contribution < 1.29 is 0 Å². The molecule has 3 aromatic rings. The summed E-state index contributed by atoms with van der Waals surface area (Å²) < 4.78 is 0. The van der Waals surface area contributed by atoms with E-state index in [0.717, 1.165) is 27.6 Å². The van der Waals surface area contributed by atoms with Crippen LogP contribution in [-0.4, -0.2) is 9.97 Å². The van der Waals surface area contributed by atoms with Gasteiger partial charge in [0.15, 0.2) is 0 Å². The van der Waals surface area contributed by atoms with Crippen LogP contribution in [0.5, 0.6) is 0 Å². The molecular formula is C17H17N3S. The number of nitrogens with two attached hydrogens (primary N) is 1. The lowest BCUT2D eigenvalue weighted by Gasteiger charge is -2.06. The van der Waals surface area contributed by atoms with Crippen LogP contribution in [0, 0.1) is 6.92 Å². The summed E-state index contributed by atoms with van der Waals surface area (Å²) in [6.07, 6.45) is 2.68. The van der Waals surface area contributed by atoms with Gasteiger partial charge in [0.2, 0.25) is 0 Å². The Morgan fingerprint density at radius 1 is 1.19 bits per heavy atom. The van der Waals surface area contributed by atoms with Crippen molar-refractivity contribution in [1.29, 1.82) is 0 Å². The fourth-order valence-corrected chi connectivity index (χ4v) is 3.34. The van der Waals surface area contributed by atoms with E-state index in [1.165, 1.54) is 11.1 Å². The average molecular weight is 295 g/mol. The van der Waals surface area contributed by atoms with Crippen molar-refractivity contribution in [3.63, 3.8) is 0 Å². The molecule has 2 aromatic heterocycles. The van der Waals surface area contributed by atoms with E-state index in [9.17, 15) is 0 Å². The molecule has 2 heterocycles. The quantitative estimate of drug-likeness (QED) is 0.782. The van der Waals surface area contributed by atoms with Crippen molar-refractivity contribution in [1.82, 2.24) is 9.97 Å². The molecule has 0 bridgehead atoms. The lowest BCUT2D eigenvalue weighted by Crippen LogP contribution is -1.90. The van der Waals surface area contributed by atoms with E-state index in [0.29, 0.717) is 5.82 Å². The Kier molecular flexibility index (Phi) is 3.71. The van der Waals surface area contributed by atoms with Crippen LogP contribution in [0.1, 0.15) is 17.5 Å². The number of hydrogen-bond acceptors (Lipinski definition) is 4. The molecule has 0 saturated heterocycles. The van der Waals surface area contributed by atoms with Crippen LogP contribution in [-0.2, 0) is 6.42 Å². The fourth-order valence-electron chi connectivity index (χ4n) is 2.32. The monoisotopic (exact) mass is 295 g/mol. The van der Waals surface area contributed by atoms with Crippen LogP contribution in [0.4, 0.5) is 5.82 Å². The van der Waals surface area contributed by atoms with E-state index >= 15 is 0 Å². The van der Waals surface area contributed by atoms with E-state index in [1.54, 1.807) is 17.5 Å². The summed E-state index contributed by atoms with van der Waals surface area (Å²) in [7, 11) is 0. The molecule has 1 aromatic carbocycles. The molecule has 0 aliphatic carbocycles. The standard InChI is InChI=1S/C17H17N3S/c1-3-15-20-16(13-7-5-4-6-11(13)2)17(21-15)12-8-9-19-14(18)10-12/h4-10H,3H2,1-2H3,(H2,18,19). The highest BCUT2D eigenvalue weighted by molar-refractivity contribution is 7.15. The third kappa shape index (κ3) is 2.67. The Hall–Kier alpha value is -2.20. The van der Waals surface area contributed by atoms with Crippen molar-refractivity contribution in [2.75, 3.05) is 5.73 Å². The van der Waals surface area contributed by atoms with Crippen LogP contribution in [0.3, 0.4) is 0 Å². The van der Waals surface area contributed by atoms with E-state index < -0.39 is 0 Å². The summed E-state index contributed by atoms with van der Waals surface area (Å²) in [5.74, 6) is 0.537. The minimum absolute atomic E-state index is 0.537. The van der Waals surface area contributed by atoms with Gasteiger partial charge in [-0.3, -0.25) is 0 Å². The zero-order chi connectivity index (χ0) is 14.8. The van der Waals surface area contributed by atoms with Gasteiger partial charge in [0.25, 0.3) is 0 Å². The van der Waals surface area contributed by atoms with Crippen LogP contribution < -0.4 is 5.73 Å². The van der Waals surface area contributed by atoms with Gasteiger partial charge in [-0.25, -0.2) is 9.97 Å². The zero-order valence-electron chi connectivity index (χ0n) is 12.1. The molecule has 106 valence electrons. The Balaban J connectivity index is 2.21. The first-order chi connectivity index (χ1) is 10.2. The SMILES string of the molecule is CCc1nc(-c2ccccc2C)c(-c2ccnc(N)c2)s1. The molecule has 0 spiro atoms. The molecule has 0 saturated carbocycles. The molecular weight excluding hydrogens is 278 g/mol. The maximum Gasteiger partial charge on any atom is 0.123 e. The molecule has 21 heavy (non-hydrogen) atoms. The molecule has 0 radical (unpaired) electrons. The molecule has 3 nitrogen and oxygen atoms in total. The van der Waals surface area contributed by atoms with Crippen LogP contribution in [0.25, 0.3) is 21.7 Å². The molecule has 0 atom stereocenters. The molecule has 0 unspecified atom stereocenters. The largest absolute Gasteiger partial charge is 0.384 e. The molecule has 4 heteroatoms. The van der Waals surface area contributed by atoms with Crippen molar-refractivity contribution in [3.8, 4) is 21.7 Å². The normalized spacial score (nSPS) is 10.8. The third-order valence-electron chi connectivity index (χ3n) is 3.42. The maximum absolute atomic E-state index is 5.83. The van der Waals surface area contributed by atoms with Gasteiger partial charge in [-0.1, -0.05) is 31.2 Å². The minimum atomic E-state index is 0.537. The predicted molar refractivity (Wildman–Crippen MR) is 89.3 cm³/mol. The number of benzene rings is 1. The highest BCUT2D eigenvalue weighted by Crippen LogP contribution is 2.38. The first-order valence-corrected chi connectivity index (χ1v) is 7.78. The second-order valence-electron chi connectivity index (χ2n) is 4.92. The first-order valence-electron chi connectivity index (χ1n) is 6.96. The number of nitrogens with zero attached hydrogens (tertiary/aromatic N) is 2. The number of anilines is 1. The summed E-state index contributed by atoms with van der Waals surface area (Å²) in [5, 5.41) is 1.14. The third-order valence-corrected chi connectivity index (χ3v) is 4.67. The summed E-state index contributed by atoms with van der Waals surface area (Å²) in [6.45, 7) is 4.25. The van der Waals surface area contributed by atoms with Gasteiger partial charge in [-0.15, -0.1) is 11.3 Å². The van der Waals surface area contributed by atoms with Gasteiger partial charge >= 0.3 is 0 Å². The molecule has 0 aliphatic rings. The van der Waals surface area contributed by atoms with E-state index in [-0.39, 0.29) is 0 Å². The van der Waals surface area contributed by atoms with Gasteiger partial charge in [-0.05, 0) is 36.6 Å². The second kappa shape index (κ2) is 5.66. The van der Waals surface area contributed by atoms with Crippen molar-refractivity contribution in [3.05, 3.63) is 53.2 Å².